The third-order valence-electron chi connectivity index (χ3n) is 4.92. The fourth-order valence-corrected chi connectivity index (χ4v) is 3.74. The number of carboxylic acid groups (broad SMARTS) is 1. The maximum Gasteiger partial charge on any atom is 0.305 e. The molecule has 3 aromatic rings. The van der Waals surface area contributed by atoms with Gasteiger partial charge in [-0.1, -0.05) is 41.9 Å². The molecule has 7 heteroatoms. The molecular formula is C21H20ClN3O3. The first kappa shape index (κ1) is 18.5. The van der Waals surface area contributed by atoms with Gasteiger partial charge in [-0.05, 0) is 36.6 Å². The molecule has 0 radical (unpaired) electrons. The van der Waals surface area contributed by atoms with Crippen molar-refractivity contribution in [3.63, 3.8) is 0 Å². The Kier molecular flexibility index (Phi) is 5.05. The van der Waals surface area contributed by atoms with Crippen molar-refractivity contribution in [1.29, 1.82) is 0 Å². The van der Waals surface area contributed by atoms with E-state index in [9.17, 15) is 14.7 Å². The largest absolute Gasteiger partial charge is 0.481 e. The summed E-state index contributed by atoms with van der Waals surface area (Å²) in [5, 5.41) is 12.5. The van der Waals surface area contributed by atoms with Crippen LogP contribution in [-0.4, -0.2) is 26.5 Å². The van der Waals surface area contributed by atoms with Crippen LogP contribution < -0.4 is 5.32 Å². The van der Waals surface area contributed by atoms with Gasteiger partial charge in [0.25, 0.3) is 0 Å². The van der Waals surface area contributed by atoms with E-state index < -0.39 is 12.0 Å². The molecule has 0 saturated heterocycles. The lowest BCUT2D eigenvalue weighted by atomic mass is 10.0. The number of fused-ring (bicyclic) bond motifs is 1. The lowest BCUT2D eigenvalue weighted by Gasteiger charge is -2.19. The van der Waals surface area contributed by atoms with Crippen molar-refractivity contribution in [2.45, 2.75) is 37.8 Å². The Labute approximate surface area is 167 Å². The topological polar surface area (TPSA) is 84.2 Å². The average Bonchev–Trinajstić information content (AvgIpc) is 3.44. The van der Waals surface area contributed by atoms with Gasteiger partial charge in [0.15, 0.2) is 0 Å². The molecule has 0 spiro atoms. The number of carboxylic acids is 1. The number of imidazole rings is 1. The first-order chi connectivity index (χ1) is 13.5. The standard InChI is InChI=1S/C21H20ClN3O3/c22-15-6-2-1-5-14(15)17(11-20(27)28)23-19(26)12-25-18-8-4-3-7-16(18)24-21(25)13-9-10-13/h1-8,13,17H,9-12H2,(H,23,26)(H,27,28). The third-order valence-corrected chi connectivity index (χ3v) is 5.27. The SMILES string of the molecule is O=C(O)CC(NC(=O)Cn1c(C2CC2)nc2ccccc21)c1ccccc1Cl. The summed E-state index contributed by atoms with van der Waals surface area (Å²) in [7, 11) is 0. The zero-order chi connectivity index (χ0) is 19.7. The maximum atomic E-state index is 12.8. The molecule has 1 unspecified atom stereocenters. The van der Waals surface area contributed by atoms with E-state index in [1.165, 1.54) is 0 Å². The molecule has 0 bridgehead atoms. The summed E-state index contributed by atoms with van der Waals surface area (Å²) in [6.45, 7) is 0.0902. The van der Waals surface area contributed by atoms with E-state index in [2.05, 4.69) is 5.32 Å². The Hall–Kier alpha value is -2.86. The predicted octanol–water partition coefficient (Wildman–Crippen LogP) is 3.90. The molecule has 2 aromatic carbocycles. The van der Waals surface area contributed by atoms with E-state index in [0.717, 1.165) is 29.7 Å². The Morgan fingerprint density at radius 2 is 1.89 bits per heavy atom. The normalized spacial score (nSPS) is 14.8. The highest BCUT2D eigenvalue weighted by atomic mass is 35.5. The van der Waals surface area contributed by atoms with Crippen LogP contribution in [0.25, 0.3) is 11.0 Å². The minimum absolute atomic E-state index is 0.0902. The third kappa shape index (κ3) is 3.87. The van der Waals surface area contributed by atoms with Gasteiger partial charge in [-0.2, -0.15) is 0 Å². The molecule has 1 aliphatic rings. The number of para-hydroxylation sites is 2. The second-order valence-electron chi connectivity index (χ2n) is 7.06. The van der Waals surface area contributed by atoms with Crippen LogP contribution in [0.2, 0.25) is 5.02 Å². The number of aliphatic carboxylic acids is 1. The van der Waals surface area contributed by atoms with Crippen LogP contribution in [0.5, 0.6) is 0 Å². The molecule has 1 amide bonds. The van der Waals surface area contributed by atoms with Crippen molar-refractivity contribution in [3.8, 4) is 0 Å². The number of hydrogen-bond acceptors (Lipinski definition) is 3. The number of hydrogen-bond donors (Lipinski definition) is 2. The highest BCUT2D eigenvalue weighted by molar-refractivity contribution is 6.31. The monoisotopic (exact) mass is 397 g/mol. The minimum Gasteiger partial charge on any atom is -0.481 e. The van der Waals surface area contributed by atoms with Crippen molar-refractivity contribution >= 4 is 34.5 Å². The smallest absolute Gasteiger partial charge is 0.305 e. The molecule has 1 aliphatic carbocycles. The van der Waals surface area contributed by atoms with E-state index in [1.54, 1.807) is 24.3 Å². The van der Waals surface area contributed by atoms with Gasteiger partial charge in [0, 0.05) is 10.9 Å². The van der Waals surface area contributed by atoms with Gasteiger partial charge in [0.2, 0.25) is 5.91 Å². The van der Waals surface area contributed by atoms with E-state index in [1.807, 2.05) is 28.8 Å². The number of nitrogens with zero attached hydrogens (tertiary/aromatic N) is 2. The van der Waals surface area contributed by atoms with Crippen molar-refractivity contribution < 1.29 is 14.7 Å². The van der Waals surface area contributed by atoms with E-state index in [-0.39, 0.29) is 18.9 Å². The number of carbonyl (C=O) groups excluding carboxylic acids is 1. The molecule has 144 valence electrons. The van der Waals surface area contributed by atoms with Crippen molar-refractivity contribution in [3.05, 3.63) is 64.9 Å². The molecule has 6 nitrogen and oxygen atoms in total. The lowest BCUT2D eigenvalue weighted by molar-refractivity contribution is -0.137. The van der Waals surface area contributed by atoms with Gasteiger partial charge >= 0.3 is 5.97 Å². The summed E-state index contributed by atoms with van der Waals surface area (Å²) < 4.78 is 1.94. The minimum atomic E-state index is -1.00. The Bertz CT molecular complexity index is 1040. The van der Waals surface area contributed by atoms with Crippen LogP contribution in [0, 0.1) is 0 Å². The molecule has 1 aromatic heterocycles. The first-order valence-electron chi connectivity index (χ1n) is 9.23. The predicted molar refractivity (Wildman–Crippen MR) is 106 cm³/mol. The van der Waals surface area contributed by atoms with Crippen LogP contribution in [-0.2, 0) is 16.1 Å². The number of carbonyl (C=O) groups is 2. The summed E-state index contributed by atoms with van der Waals surface area (Å²) in [5.41, 5.74) is 2.37. The Morgan fingerprint density at radius 1 is 1.18 bits per heavy atom. The van der Waals surface area contributed by atoms with Crippen molar-refractivity contribution in [1.82, 2.24) is 14.9 Å². The van der Waals surface area contributed by atoms with Gasteiger partial charge in [0.05, 0.1) is 23.5 Å². The van der Waals surface area contributed by atoms with Gasteiger partial charge < -0.3 is 15.0 Å². The lowest BCUT2D eigenvalue weighted by Crippen LogP contribution is -2.33. The fourth-order valence-electron chi connectivity index (χ4n) is 3.47. The molecular weight excluding hydrogens is 378 g/mol. The van der Waals surface area contributed by atoms with Crippen LogP contribution in [0.3, 0.4) is 0 Å². The highest BCUT2D eigenvalue weighted by Crippen LogP contribution is 2.40. The zero-order valence-electron chi connectivity index (χ0n) is 15.1. The van der Waals surface area contributed by atoms with Crippen molar-refractivity contribution in [2.75, 3.05) is 0 Å². The van der Waals surface area contributed by atoms with Crippen LogP contribution >= 0.6 is 11.6 Å². The summed E-state index contributed by atoms with van der Waals surface area (Å²) in [5.74, 6) is 0.0376. The zero-order valence-corrected chi connectivity index (χ0v) is 15.9. The second kappa shape index (κ2) is 7.64. The van der Waals surface area contributed by atoms with E-state index >= 15 is 0 Å². The van der Waals surface area contributed by atoms with E-state index in [4.69, 9.17) is 16.6 Å². The summed E-state index contributed by atoms with van der Waals surface area (Å²) in [6, 6.07) is 14.0. The first-order valence-corrected chi connectivity index (χ1v) is 9.61. The molecule has 1 saturated carbocycles. The summed E-state index contributed by atoms with van der Waals surface area (Å²) >= 11 is 6.22. The molecule has 2 N–H and O–H groups in total. The Balaban J connectivity index is 1.59. The number of halogens is 1. The average molecular weight is 398 g/mol. The molecule has 28 heavy (non-hydrogen) atoms. The fraction of sp³-hybridized carbons (Fsp3) is 0.286. The number of benzene rings is 2. The second-order valence-corrected chi connectivity index (χ2v) is 7.47. The highest BCUT2D eigenvalue weighted by Gasteiger charge is 2.30. The number of nitrogens with one attached hydrogen (secondary N) is 1. The number of aromatic nitrogens is 2. The number of amides is 1. The molecule has 0 aliphatic heterocycles. The van der Waals surface area contributed by atoms with Crippen LogP contribution in [0.4, 0.5) is 0 Å². The Morgan fingerprint density at radius 3 is 2.61 bits per heavy atom. The van der Waals surface area contributed by atoms with Gasteiger partial charge in [0.1, 0.15) is 12.4 Å². The van der Waals surface area contributed by atoms with Gasteiger partial charge in [-0.25, -0.2) is 4.98 Å². The molecule has 1 heterocycles. The molecule has 1 fully saturated rings. The number of rotatable bonds is 7. The van der Waals surface area contributed by atoms with Crippen LogP contribution in [0.15, 0.2) is 48.5 Å². The van der Waals surface area contributed by atoms with E-state index in [0.29, 0.717) is 16.5 Å². The maximum absolute atomic E-state index is 12.8. The molecule has 1 atom stereocenters. The van der Waals surface area contributed by atoms with Crippen molar-refractivity contribution in [2.24, 2.45) is 0 Å². The van der Waals surface area contributed by atoms with Gasteiger partial charge in [-0.3, -0.25) is 9.59 Å². The van der Waals surface area contributed by atoms with Crippen LogP contribution in [0.1, 0.15) is 42.6 Å². The summed E-state index contributed by atoms with van der Waals surface area (Å²) in [4.78, 5) is 28.8. The molecule has 4 rings (SSSR count). The summed E-state index contributed by atoms with van der Waals surface area (Å²) in [6.07, 6.45) is 1.91. The quantitative estimate of drug-likeness (QED) is 0.633. The van der Waals surface area contributed by atoms with Gasteiger partial charge in [-0.15, -0.1) is 0 Å².